The molecule has 1 fully saturated rings. The molecule has 3 heteroatoms. The maximum Gasteiger partial charge on any atom is 0.119 e. The SMILES string of the molecule is COc1ccc(NCC2CCCOC2)c(C)c1. The van der Waals surface area contributed by atoms with Gasteiger partial charge in [-0.3, -0.25) is 0 Å². The minimum atomic E-state index is 0.644. The van der Waals surface area contributed by atoms with Gasteiger partial charge in [0.1, 0.15) is 5.75 Å². The van der Waals surface area contributed by atoms with E-state index in [2.05, 4.69) is 24.4 Å². The zero-order valence-corrected chi connectivity index (χ0v) is 10.7. The predicted molar refractivity (Wildman–Crippen MR) is 69.8 cm³/mol. The number of hydrogen-bond acceptors (Lipinski definition) is 3. The van der Waals surface area contributed by atoms with Crippen LogP contribution in [0, 0.1) is 12.8 Å². The van der Waals surface area contributed by atoms with Crippen molar-refractivity contribution in [2.75, 3.05) is 32.2 Å². The van der Waals surface area contributed by atoms with Crippen LogP contribution in [0.15, 0.2) is 18.2 Å². The van der Waals surface area contributed by atoms with Crippen LogP contribution in [0.1, 0.15) is 18.4 Å². The molecule has 0 saturated carbocycles. The Morgan fingerprint density at radius 1 is 1.47 bits per heavy atom. The second-order valence-electron chi connectivity index (χ2n) is 4.64. The molecule has 1 aromatic carbocycles. The number of ether oxygens (including phenoxy) is 2. The van der Waals surface area contributed by atoms with E-state index in [0.717, 1.165) is 25.5 Å². The maximum absolute atomic E-state index is 5.48. The lowest BCUT2D eigenvalue weighted by Gasteiger charge is -2.23. The summed E-state index contributed by atoms with van der Waals surface area (Å²) in [5.74, 6) is 1.55. The van der Waals surface area contributed by atoms with Crippen LogP contribution in [0.3, 0.4) is 0 Å². The van der Waals surface area contributed by atoms with Crippen LogP contribution in [-0.2, 0) is 4.74 Å². The van der Waals surface area contributed by atoms with Crippen LogP contribution < -0.4 is 10.1 Å². The first kappa shape index (κ1) is 12.2. The van der Waals surface area contributed by atoms with E-state index in [4.69, 9.17) is 9.47 Å². The van der Waals surface area contributed by atoms with Crippen LogP contribution in [0.25, 0.3) is 0 Å². The topological polar surface area (TPSA) is 30.5 Å². The Balaban J connectivity index is 1.89. The summed E-state index contributed by atoms with van der Waals surface area (Å²) in [6.07, 6.45) is 2.45. The third-order valence-electron chi connectivity index (χ3n) is 3.27. The van der Waals surface area contributed by atoms with Gasteiger partial charge in [-0.05, 0) is 49.4 Å². The number of rotatable bonds is 4. The number of aryl methyl sites for hydroxylation is 1. The molecule has 0 bridgehead atoms. The molecule has 17 heavy (non-hydrogen) atoms. The molecule has 3 nitrogen and oxygen atoms in total. The zero-order chi connectivity index (χ0) is 12.1. The molecule has 1 N–H and O–H groups in total. The van der Waals surface area contributed by atoms with Crippen LogP contribution >= 0.6 is 0 Å². The van der Waals surface area contributed by atoms with E-state index in [0.29, 0.717) is 5.92 Å². The van der Waals surface area contributed by atoms with Crippen molar-refractivity contribution in [1.82, 2.24) is 0 Å². The first-order valence-electron chi connectivity index (χ1n) is 6.26. The second kappa shape index (κ2) is 5.92. The maximum atomic E-state index is 5.48. The van der Waals surface area contributed by atoms with Crippen LogP contribution in [-0.4, -0.2) is 26.9 Å². The Hall–Kier alpha value is -1.22. The largest absolute Gasteiger partial charge is 0.497 e. The number of hydrogen-bond donors (Lipinski definition) is 1. The smallest absolute Gasteiger partial charge is 0.119 e. The van der Waals surface area contributed by atoms with E-state index in [1.807, 2.05) is 6.07 Å². The van der Waals surface area contributed by atoms with Crippen molar-refractivity contribution in [2.45, 2.75) is 19.8 Å². The Morgan fingerprint density at radius 2 is 2.35 bits per heavy atom. The second-order valence-corrected chi connectivity index (χ2v) is 4.64. The highest BCUT2D eigenvalue weighted by molar-refractivity contribution is 5.53. The van der Waals surface area contributed by atoms with Gasteiger partial charge < -0.3 is 14.8 Å². The van der Waals surface area contributed by atoms with Gasteiger partial charge in [0.2, 0.25) is 0 Å². The van der Waals surface area contributed by atoms with Gasteiger partial charge in [-0.25, -0.2) is 0 Å². The van der Waals surface area contributed by atoms with Gasteiger partial charge in [0.15, 0.2) is 0 Å². The predicted octanol–water partition coefficient (Wildman–Crippen LogP) is 2.84. The van der Waals surface area contributed by atoms with Crippen molar-refractivity contribution in [3.05, 3.63) is 23.8 Å². The van der Waals surface area contributed by atoms with E-state index < -0.39 is 0 Å². The van der Waals surface area contributed by atoms with Gasteiger partial charge in [-0.2, -0.15) is 0 Å². The normalized spacial score (nSPS) is 20.0. The molecule has 0 amide bonds. The monoisotopic (exact) mass is 235 g/mol. The van der Waals surface area contributed by atoms with Gasteiger partial charge >= 0.3 is 0 Å². The van der Waals surface area contributed by atoms with Crippen molar-refractivity contribution >= 4 is 5.69 Å². The fourth-order valence-electron chi connectivity index (χ4n) is 2.18. The molecule has 0 radical (unpaired) electrons. The number of anilines is 1. The highest BCUT2D eigenvalue weighted by Gasteiger charge is 2.13. The Labute approximate surface area is 103 Å². The summed E-state index contributed by atoms with van der Waals surface area (Å²) in [5.41, 5.74) is 2.41. The lowest BCUT2D eigenvalue weighted by atomic mass is 10.0. The molecule has 0 aliphatic carbocycles. The van der Waals surface area contributed by atoms with Crippen LogP contribution in [0.5, 0.6) is 5.75 Å². The van der Waals surface area contributed by atoms with E-state index >= 15 is 0 Å². The average molecular weight is 235 g/mol. The van der Waals surface area contributed by atoms with Crippen molar-refractivity contribution < 1.29 is 9.47 Å². The molecular formula is C14H21NO2. The molecule has 94 valence electrons. The highest BCUT2D eigenvalue weighted by Crippen LogP contribution is 2.22. The molecule has 1 aromatic rings. The van der Waals surface area contributed by atoms with Crippen LogP contribution in [0.4, 0.5) is 5.69 Å². The molecule has 1 saturated heterocycles. The fraction of sp³-hybridized carbons (Fsp3) is 0.571. The summed E-state index contributed by atoms with van der Waals surface area (Å²) in [6, 6.07) is 6.13. The third-order valence-corrected chi connectivity index (χ3v) is 3.27. The van der Waals surface area contributed by atoms with Gasteiger partial charge in [0.25, 0.3) is 0 Å². The van der Waals surface area contributed by atoms with E-state index in [9.17, 15) is 0 Å². The summed E-state index contributed by atoms with van der Waals surface area (Å²) in [5, 5.41) is 3.50. The Kier molecular flexibility index (Phi) is 4.26. The quantitative estimate of drug-likeness (QED) is 0.870. The van der Waals surface area contributed by atoms with Crippen molar-refractivity contribution in [3.63, 3.8) is 0 Å². The molecule has 1 aliphatic rings. The zero-order valence-electron chi connectivity index (χ0n) is 10.7. The summed E-state index contributed by atoms with van der Waals surface area (Å²) < 4.78 is 10.7. The summed E-state index contributed by atoms with van der Waals surface area (Å²) in [6.45, 7) is 4.91. The first-order valence-corrected chi connectivity index (χ1v) is 6.26. The highest BCUT2D eigenvalue weighted by atomic mass is 16.5. The molecule has 1 aliphatic heterocycles. The lowest BCUT2D eigenvalue weighted by Crippen LogP contribution is -2.24. The molecule has 1 unspecified atom stereocenters. The third kappa shape index (κ3) is 3.37. The Bertz CT molecular complexity index is 359. The van der Waals surface area contributed by atoms with Crippen molar-refractivity contribution in [2.24, 2.45) is 5.92 Å². The number of methoxy groups -OCH3 is 1. The van der Waals surface area contributed by atoms with Crippen LogP contribution in [0.2, 0.25) is 0 Å². The molecule has 0 aromatic heterocycles. The lowest BCUT2D eigenvalue weighted by molar-refractivity contribution is 0.0595. The summed E-state index contributed by atoms with van der Waals surface area (Å²) in [7, 11) is 1.70. The minimum Gasteiger partial charge on any atom is -0.497 e. The minimum absolute atomic E-state index is 0.644. The van der Waals surface area contributed by atoms with E-state index in [-0.39, 0.29) is 0 Å². The van der Waals surface area contributed by atoms with Crippen molar-refractivity contribution in [3.8, 4) is 5.75 Å². The van der Waals surface area contributed by atoms with E-state index in [1.165, 1.54) is 24.1 Å². The van der Waals surface area contributed by atoms with Gasteiger partial charge in [0, 0.05) is 18.8 Å². The average Bonchev–Trinajstić information content (AvgIpc) is 2.38. The fourth-order valence-corrected chi connectivity index (χ4v) is 2.18. The standard InChI is InChI=1S/C14H21NO2/c1-11-8-13(16-2)5-6-14(11)15-9-12-4-3-7-17-10-12/h5-6,8,12,15H,3-4,7,9-10H2,1-2H3. The van der Waals surface area contributed by atoms with Gasteiger partial charge in [-0.15, -0.1) is 0 Å². The first-order chi connectivity index (χ1) is 8.29. The molecular weight excluding hydrogens is 214 g/mol. The van der Waals surface area contributed by atoms with Gasteiger partial charge in [0.05, 0.1) is 13.7 Å². The number of benzene rings is 1. The van der Waals surface area contributed by atoms with Crippen molar-refractivity contribution in [1.29, 1.82) is 0 Å². The summed E-state index contributed by atoms with van der Waals surface area (Å²) >= 11 is 0. The molecule has 1 heterocycles. The molecule has 1 atom stereocenters. The molecule has 0 spiro atoms. The Morgan fingerprint density at radius 3 is 3.00 bits per heavy atom. The van der Waals surface area contributed by atoms with E-state index in [1.54, 1.807) is 7.11 Å². The number of nitrogens with one attached hydrogen (secondary N) is 1. The molecule has 2 rings (SSSR count). The van der Waals surface area contributed by atoms with Gasteiger partial charge in [-0.1, -0.05) is 0 Å². The summed E-state index contributed by atoms with van der Waals surface area (Å²) in [4.78, 5) is 0.